The number of aryl methyl sites for hydroxylation is 2. The number of pyridine rings is 2. The van der Waals surface area contributed by atoms with Gasteiger partial charge in [0.25, 0.3) is 0 Å². The average molecular weight is 490 g/mol. The second-order valence-electron chi connectivity index (χ2n) is 8.24. The van der Waals surface area contributed by atoms with Crippen molar-refractivity contribution < 1.29 is 19.1 Å². The topological polar surface area (TPSA) is 107 Å². The molecule has 0 radical (unpaired) electrons. The molecule has 1 saturated heterocycles. The monoisotopic (exact) mass is 489 g/mol. The summed E-state index contributed by atoms with van der Waals surface area (Å²) in [7, 11) is 1.37. The summed E-state index contributed by atoms with van der Waals surface area (Å²) in [4.78, 5) is 46.5. The maximum Gasteiger partial charge on any atom is 0.246 e. The molecule has 1 amide bonds. The van der Waals surface area contributed by atoms with Gasteiger partial charge >= 0.3 is 0 Å². The fraction of sp³-hybridized carbons (Fsp3) is 0.200. The summed E-state index contributed by atoms with van der Waals surface area (Å²) in [5.74, 6) is -2.70. The van der Waals surface area contributed by atoms with Gasteiger partial charge in [-0.15, -0.1) is 10.2 Å². The first-order valence-electron chi connectivity index (χ1n) is 10.8. The summed E-state index contributed by atoms with van der Waals surface area (Å²) in [6.45, 7) is 3.63. The third-order valence-corrected chi connectivity index (χ3v) is 6.35. The Morgan fingerprint density at radius 3 is 2.54 bits per heavy atom. The molecule has 2 unspecified atom stereocenters. The van der Waals surface area contributed by atoms with Gasteiger partial charge < -0.3 is 4.74 Å². The second kappa shape index (κ2) is 8.59. The lowest BCUT2D eigenvalue weighted by Crippen LogP contribution is -2.32. The first-order chi connectivity index (χ1) is 16.8. The van der Waals surface area contributed by atoms with Gasteiger partial charge in [0.05, 0.1) is 18.4 Å². The Kier molecular flexibility index (Phi) is 5.56. The van der Waals surface area contributed by atoms with Crippen molar-refractivity contribution in [2.24, 2.45) is 5.92 Å². The number of amides is 1. The zero-order valence-corrected chi connectivity index (χ0v) is 19.9. The summed E-state index contributed by atoms with van der Waals surface area (Å²) in [6, 6.07) is 10.4. The maximum absolute atomic E-state index is 13.8. The van der Waals surface area contributed by atoms with Crippen LogP contribution in [-0.4, -0.2) is 44.2 Å². The van der Waals surface area contributed by atoms with E-state index >= 15 is 0 Å². The largest absolute Gasteiger partial charge is 0.480 e. The van der Waals surface area contributed by atoms with Gasteiger partial charge in [0, 0.05) is 17.4 Å². The van der Waals surface area contributed by atoms with Crippen LogP contribution in [0.15, 0.2) is 54.9 Å². The minimum absolute atomic E-state index is 0.0528. The van der Waals surface area contributed by atoms with Gasteiger partial charge in [-0.05, 0) is 55.3 Å². The van der Waals surface area contributed by atoms with Crippen LogP contribution in [0.5, 0.6) is 5.88 Å². The molecule has 4 heterocycles. The van der Waals surface area contributed by atoms with Crippen LogP contribution in [0.4, 0.5) is 5.69 Å². The fourth-order valence-corrected chi connectivity index (χ4v) is 4.55. The molecule has 9 nitrogen and oxygen atoms in total. The van der Waals surface area contributed by atoms with Gasteiger partial charge in [-0.1, -0.05) is 23.7 Å². The Bertz CT molecular complexity index is 1500. The van der Waals surface area contributed by atoms with Crippen molar-refractivity contribution in [3.05, 3.63) is 82.4 Å². The Morgan fingerprint density at radius 2 is 1.83 bits per heavy atom. The predicted octanol–water partition coefficient (Wildman–Crippen LogP) is 3.56. The Morgan fingerprint density at radius 1 is 1.09 bits per heavy atom. The van der Waals surface area contributed by atoms with E-state index < -0.39 is 29.4 Å². The predicted molar refractivity (Wildman–Crippen MR) is 128 cm³/mol. The molecule has 0 aliphatic carbocycles. The molecule has 0 N–H and O–H groups in total. The number of rotatable bonds is 5. The first-order valence-corrected chi connectivity index (χ1v) is 11.2. The van der Waals surface area contributed by atoms with E-state index in [0.29, 0.717) is 27.7 Å². The number of fused-ring (bicyclic) bond motifs is 1. The third kappa shape index (κ3) is 3.64. The molecule has 35 heavy (non-hydrogen) atoms. The van der Waals surface area contributed by atoms with Gasteiger partial charge in [0.1, 0.15) is 11.9 Å². The van der Waals surface area contributed by atoms with Crippen LogP contribution in [0.1, 0.15) is 33.4 Å². The molecule has 0 saturated carbocycles. The van der Waals surface area contributed by atoms with E-state index in [9.17, 15) is 14.4 Å². The number of methoxy groups -OCH3 is 1. The van der Waals surface area contributed by atoms with E-state index in [1.165, 1.54) is 24.3 Å². The van der Waals surface area contributed by atoms with Crippen LogP contribution in [0, 0.1) is 19.8 Å². The van der Waals surface area contributed by atoms with Crippen molar-refractivity contribution in [1.82, 2.24) is 19.6 Å². The number of benzene rings is 1. The van der Waals surface area contributed by atoms with E-state index in [1.807, 2.05) is 6.92 Å². The number of hydrogen-bond acceptors (Lipinski definition) is 7. The van der Waals surface area contributed by atoms with Gasteiger partial charge in [-0.3, -0.25) is 23.7 Å². The Hall–Kier alpha value is -4.11. The molecule has 2 atom stereocenters. The van der Waals surface area contributed by atoms with Gasteiger partial charge in [-0.2, -0.15) is 0 Å². The highest BCUT2D eigenvalue weighted by Crippen LogP contribution is 2.40. The number of anilines is 1. The number of halogens is 1. The van der Waals surface area contributed by atoms with E-state index in [1.54, 1.807) is 53.9 Å². The molecule has 3 aromatic heterocycles. The van der Waals surface area contributed by atoms with Crippen LogP contribution in [0.25, 0.3) is 5.65 Å². The SMILES string of the molecule is COc1ncccc1C(=O)C1C(=O)C(c2ccc(Cl)cc2)N(c2cc(C)c3nnc(C)n3c2)C1=O. The zero-order chi connectivity index (χ0) is 24.9. The molecule has 1 aromatic carbocycles. The maximum atomic E-state index is 13.8. The lowest BCUT2D eigenvalue weighted by Gasteiger charge is -2.24. The number of hydrogen-bond donors (Lipinski definition) is 0. The number of aromatic nitrogens is 4. The van der Waals surface area contributed by atoms with E-state index in [-0.39, 0.29) is 11.4 Å². The summed E-state index contributed by atoms with van der Waals surface area (Å²) < 4.78 is 6.95. The van der Waals surface area contributed by atoms with E-state index in [4.69, 9.17) is 16.3 Å². The first kappa shape index (κ1) is 22.7. The minimum Gasteiger partial charge on any atom is -0.480 e. The highest BCUT2D eigenvalue weighted by molar-refractivity contribution is 6.33. The fourth-order valence-electron chi connectivity index (χ4n) is 4.43. The van der Waals surface area contributed by atoms with Crippen molar-refractivity contribution >= 4 is 40.4 Å². The van der Waals surface area contributed by atoms with Crippen molar-refractivity contribution in [2.45, 2.75) is 19.9 Å². The second-order valence-corrected chi connectivity index (χ2v) is 8.68. The van der Waals surface area contributed by atoms with Crippen molar-refractivity contribution in [1.29, 1.82) is 0 Å². The van der Waals surface area contributed by atoms with Crippen LogP contribution < -0.4 is 9.64 Å². The Balaban J connectivity index is 1.67. The normalized spacial score (nSPS) is 17.9. The lowest BCUT2D eigenvalue weighted by atomic mass is 9.91. The number of carbonyl (C=O) groups excluding carboxylic acids is 3. The van der Waals surface area contributed by atoms with Crippen LogP contribution in [-0.2, 0) is 9.59 Å². The van der Waals surface area contributed by atoms with Crippen LogP contribution >= 0.6 is 11.6 Å². The van der Waals surface area contributed by atoms with Crippen LogP contribution in [0.3, 0.4) is 0 Å². The van der Waals surface area contributed by atoms with Crippen molar-refractivity contribution in [2.75, 3.05) is 12.0 Å². The molecule has 0 bridgehead atoms. The molecule has 0 spiro atoms. The summed E-state index contributed by atoms with van der Waals surface area (Å²) >= 11 is 6.06. The number of Topliss-reactive ketones (excluding diaryl/α,β-unsaturated/α-hetero) is 2. The number of ketones is 2. The summed E-state index contributed by atoms with van der Waals surface area (Å²) in [5, 5.41) is 8.75. The zero-order valence-electron chi connectivity index (χ0n) is 19.1. The van der Waals surface area contributed by atoms with Crippen molar-refractivity contribution in [3.8, 4) is 5.88 Å². The molecule has 176 valence electrons. The molecule has 1 fully saturated rings. The standard InChI is InChI=1S/C25H20ClN5O4/c1-13-11-17(12-30-14(2)28-29-23(13)30)31-20(15-6-8-16(26)9-7-15)22(33)19(25(31)34)21(32)18-5-4-10-27-24(18)35-3/h4-12,19-20H,1-3H3. The van der Waals surface area contributed by atoms with Gasteiger partial charge in [0.15, 0.2) is 23.1 Å². The molecule has 1 aliphatic heterocycles. The number of carbonyl (C=O) groups is 3. The smallest absolute Gasteiger partial charge is 0.246 e. The lowest BCUT2D eigenvalue weighted by molar-refractivity contribution is -0.125. The van der Waals surface area contributed by atoms with Gasteiger partial charge in [-0.25, -0.2) is 4.98 Å². The molecular formula is C25H20ClN5O4. The highest BCUT2D eigenvalue weighted by Gasteiger charge is 2.52. The average Bonchev–Trinajstić information content (AvgIpc) is 3.35. The molecule has 10 heteroatoms. The van der Waals surface area contributed by atoms with Gasteiger partial charge in [0.2, 0.25) is 11.8 Å². The summed E-state index contributed by atoms with van der Waals surface area (Å²) in [5.41, 5.74) is 2.46. The third-order valence-electron chi connectivity index (χ3n) is 6.10. The minimum atomic E-state index is -1.55. The molecule has 4 aromatic rings. The van der Waals surface area contributed by atoms with E-state index in [0.717, 1.165) is 5.56 Å². The van der Waals surface area contributed by atoms with E-state index in [2.05, 4.69) is 15.2 Å². The quantitative estimate of drug-likeness (QED) is 0.311. The number of nitrogens with zero attached hydrogens (tertiary/aromatic N) is 5. The van der Waals surface area contributed by atoms with Crippen LogP contribution in [0.2, 0.25) is 5.02 Å². The molecule has 1 aliphatic rings. The Labute approximate surface area is 205 Å². The molecule has 5 rings (SSSR count). The molecular weight excluding hydrogens is 470 g/mol. The number of ether oxygens (including phenoxy) is 1. The highest BCUT2D eigenvalue weighted by atomic mass is 35.5. The van der Waals surface area contributed by atoms with Crippen molar-refractivity contribution in [3.63, 3.8) is 0 Å². The summed E-state index contributed by atoms with van der Waals surface area (Å²) in [6.07, 6.45) is 3.17.